The fourth-order valence-electron chi connectivity index (χ4n) is 1.70. The second-order valence-electron chi connectivity index (χ2n) is 3.99. The summed E-state index contributed by atoms with van der Waals surface area (Å²) in [4.78, 5) is 22.1. The molecule has 0 saturated carbocycles. The van der Waals surface area contributed by atoms with Crippen LogP contribution in [0.1, 0.15) is 25.7 Å². The van der Waals surface area contributed by atoms with Crippen LogP contribution in [0.4, 0.5) is 0 Å². The molecule has 2 unspecified atom stereocenters. The summed E-state index contributed by atoms with van der Waals surface area (Å²) < 4.78 is 0. The minimum atomic E-state index is -0.837. The second kappa shape index (κ2) is 6.27. The van der Waals surface area contributed by atoms with E-state index in [0.29, 0.717) is 19.4 Å². The molecule has 0 fully saturated rings. The van der Waals surface area contributed by atoms with Crippen molar-refractivity contribution in [2.24, 2.45) is 11.7 Å². The Balaban J connectivity index is 2.21. The Bertz CT molecular complexity index is 289. The Kier molecular flexibility index (Phi) is 4.98. The number of aliphatic carboxylic acids is 1. The molecule has 16 heavy (non-hydrogen) atoms. The quantitative estimate of drug-likeness (QED) is 0.447. The molecule has 5 heteroatoms. The van der Waals surface area contributed by atoms with Crippen LogP contribution in [-0.4, -0.2) is 29.6 Å². The third-order valence-corrected chi connectivity index (χ3v) is 2.61. The third-order valence-electron chi connectivity index (χ3n) is 2.61. The Morgan fingerprint density at radius 1 is 1.38 bits per heavy atom. The molecule has 0 radical (unpaired) electrons. The van der Waals surface area contributed by atoms with E-state index >= 15 is 0 Å². The van der Waals surface area contributed by atoms with Gasteiger partial charge in [0.2, 0.25) is 5.91 Å². The molecule has 2 atom stereocenters. The van der Waals surface area contributed by atoms with Crippen molar-refractivity contribution in [3.05, 3.63) is 12.2 Å². The smallest absolute Gasteiger partial charge is 0.310 e. The van der Waals surface area contributed by atoms with Crippen molar-refractivity contribution in [2.45, 2.75) is 31.7 Å². The third kappa shape index (κ3) is 4.02. The number of carbonyl (C=O) groups is 2. The lowest BCUT2D eigenvalue weighted by molar-refractivity contribution is -0.140. The Labute approximate surface area is 94.7 Å². The molecule has 1 rings (SSSR count). The van der Waals surface area contributed by atoms with E-state index < -0.39 is 11.9 Å². The van der Waals surface area contributed by atoms with Gasteiger partial charge < -0.3 is 16.2 Å². The van der Waals surface area contributed by atoms with Gasteiger partial charge >= 0.3 is 5.97 Å². The summed E-state index contributed by atoms with van der Waals surface area (Å²) in [7, 11) is 0. The molecule has 0 spiro atoms. The van der Waals surface area contributed by atoms with Crippen molar-refractivity contribution in [1.82, 2.24) is 5.32 Å². The molecule has 0 heterocycles. The first kappa shape index (κ1) is 12.7. The maximum absolute atomic E-state index is 11.4. The van der Waals surface area contributed by atoms with Gasteiger partial charge in [0, 0.05) is 12.5 Å². The van der Waals surface area contributed by atoms with Gasteiger partial charge in [-0.05, 0) is 25.8 Å². The molecule has 0 saturated heterocycles. The molecule has 0 aromatic heterocycles. The highest BCUT2D eigenvalue weighted by Crippen LogP contribution is 2.17. The van der Waals surface area contributed by atoms with E-state index in [0.717, 1.165) is 12.8 Å². The highest BCUT2D eigenvalue weighted by Gasteiger charge is 2.24. The molecule has 1 aliphatic rings. The summed E-state index contributed by atoms with van der Waals surface area (Å²) in [5, 5.41) is 11.6. The first-order valence-corrected chi connectivity index (χ1v) is 5.54. The molecule has 4 N–H and O–H groups in total. The maximum atomic E-state index is 11.4. The van der Waals surface area contributed by atoms with Crippen molar-refractivity contribution < 1.29 is 14.7 Å². The zero-order valence-electron chi connectivity index (χ0n) is 9.19. The normalized spacial score (nSPS) is 23.3. The van der Waals surface area contributed by atoms with Crippen LogP contribution in [0.5, 0.6) is 0 Å². The number of unbranched alkanes of at least 4 members (excludes halogenated alkanes) is 1. The molecule has 1 amide bonds. The zero-order chi connectivity index (χ0) is 12.0. The number of hydrogen-bond donors (Lipinski definition) is 3. The van der Waals surface area contributed by atoms with Crippen LogP contribution in [0.15, 0.2) is 12.2 Å². The van der Waals surface area contributed by atoms with E-state index in [2.05, 4.69) is 5.32 Å². The van der Waals surface area contributed by atoms with E-state index in [-0.39, 0.29) is 11.9 Å². The minimum absolute atomic E-state index is 0.0332. The van der Waals surface area contributed by atoms with Gasteiger partial charge in [-0.15, -0.1) is 0 Å². The van der Waals surface area contributed by atoms with Gasteiger partial charge in [-0.3, -0.25) is 9.59 Å². The van der Waals surface area contributed by atoms with Crippen molar-refractivity contribution in [3.63, 3.8) is 0 Å². The van der Waals surface area contributed by atoms with Gasteiger partial charge in [-0.25, -0.2) is 0 Å². The number of carboxylic acid groups (broad SMARTS) is 1. The zero-order valence-corrected chi connectivity index (χ0v) is 9.19. The fourth-order valence-corrected chi connectivity index (χ4v) is 1.70. The summed E-state index contributed by atoms with van der Waals surface area (Å²) in [6.45, 7) is 0.595. The molecule has 0 aliphatic heterocycles. The predicted octanol–water partition coefficient (Wildman–Crippen LogP) is 0.261. The first-order valence-electron chi connectivity index (χ1n) is 5.54. The van der Waals surface area contributed by atoms with Gasteiger partial charge in [-0.1, -0.05) is 12.2 Å². The van der Waals surface area contributed by atoms with E-state index in [1.165, 1.54) is 0 Å². The number of amides is 1. The number of carbonyl (C=O) groups excluding carboxylic acids is 1. The highest BCUT2D eigenvalue weighted by molar-refractivity contribution is 5.77. The Hall–Kier alpha value is -1.36. The molecule has 0 aromatic rings. The van der Waals surface area contributed by atoms with Gasteiger partial charge in [-0.2, -0.15) is 0 Å². The van der Waals surface area contributed by atoms with E-state index in [1.54, 1.807) is 12.2 Å². The number of carboxylic acids is 1. The molecular formula is C11H18N2O3. The van der Waals surface area contributed by atoms with Crippen molar-refractivity contribution in [1.29, 1.82) is 0 Å². The lowest BCUT2D eigenvalue weighted by atomic mass is 10.1. The number of rotatable bonds is 6. The SMILES string of the molecule is NCCCCC(=O)NC1C=CC(C(=O)O)C1. The Morgan fingerprint density at radius 2 is 2.12 bits per heavy atom. The average molecular weight is 226 g/mol. The number of nitrogens with two attached hydrogens (primary N) is 1. The summed E-state index contributed by atoms with van der Waals surface area (Å²) in [6, 6.07) is -0.133. The van der Waals surface area contributed by atoms with E-state index in [1.807, 2.05) is 0 Å². The van der Waals surface area contributed by atoms with Crippen LogP contribution < -0.4 is 11.1 Å². The second-order valence-corrected chi connectivity index (χ2v) is 3.99. The van der Waals surface area contributed by atoms with Gasteiger partial charge in [0.25, 0.3) is 0 Å². The molecule has 1 aliphatic carbocycles. The number of hydrogen-bond acceptors (Lipinski definition) is 3. The summed E-state index contributed by atoms with van der Waals surface area (Å²) in [6.07, 6.45) is 5.91. The van der Waals surface area contributed by atoms with Crippen LogP contribution in [0, 0.1) is 5.92 Å². The molecule has 5 nitrogen and oxygen atoms in total. The van der Waals surface area contributed by atoms with Crippen molar-refractivity contribution in [2.75, 3.05) is 6.54 Å². The van der Waals surface area contributed by atoms with E-state index in [4.69, 9.17) is 10.8 Å². The van der Waals surface area contributed by atoms with Crippen molar-refractivity contribution >= 4 is 11.9 Å². The molecular weight excluding hydrogens is 208 g/mol. The first-order chi connectivity index (χ1) is 7.63. The summed E-state index contributed by atoms with van der Waals surface area (Å²) in [5.41, 5.74) is 5.32. The van der Waals surface area contributed by atoms with Crippen LogP contribution >= 0.6 is 0 Å². The average Bonchev–Trinajstić information content (AvgIpc) is 2.66. The molecule has 0 bridgehead atoms. The standard InChI is InChI=1S/C11H18N2O3/c12-6-2-1-3-10(14)13-9-5-4-8(7-9)11(15)16/h4-5,8-9H,1-3,6-7,12H2,(H,13,14)(H,15,16). The maximum Gasteiger partial charge on any atom is 0.310 e. The van der Waals surface area contributed by atoms with E-state index in [9.17, 15) is 9.59 Å². The van der Waals surface area contributed by atoms with Crippen LogP contribution in [0.3, 0.4) is 0 Å². The lowest BCUT2D eigenvalue weighted by Crippen LogP contribution is -2.33. The Morgan fingerprint density at radius 3 is 2.69 bits per heavy atom. The highest BCUT2D eigenvalue weighted by atomic mass is 16.4. The lowest BCUT2D eigenvalue weighted by Gasteiger charge is -2.11. The largest absolute Gasteiger partial charge is 0.481 e. The molecule has 0 aromatic carbocycles. The van der Waals surface area contributed by atoms with Gasteiger partial charge in [0.1, 0.15) is 0 Å². The summed E-state index contributed by atoms with van der Waals surface area (Å²) in [5.74, 6) is -1.33. The predicted molar refractivity (Wildman–Crippen MR) is 59.7 cm³/mol. The van der Waals surface area contributed by atoms with Gasteiger partial charge in [0.05, 0.1) is 5.92 Å². The van der Waals surface area contributed by atoms with Crippen LogP contribution in [0.2, 0.25) is 0 Å². The minimum Gasteiger partial charge on any atom is -0.481 e. The monoisotopic (exact) mass is 226 g/mol. The van der Waals surface area contributed by atoms with Crippen molar-refractivity contribution in [3.8, 4) is 0 Å². The topological polar surface area (TPSA) is 92.4 Å². The fraction of sp³-hybridized carbons (Fsp3) is 0.636. The van der Waals surface area contributed by atoms with Gasteiger partial charge in [0.15, 0.2) is 0 Å². The molecule has 90 valence electrons. The van der Waals surface area contributed by atoms with Crippen LogP contribution in [-0.2, 0) is 9.59 Å². The summed E-state index contributed by atoms with van der Waals surface area (Å²) >= 11 is 0. The van der Waals surface area contributed by atoms with Crippen LogP contribution in [0.25, 0.3) is 0 Å². The number of nitrogens with one attached hydrogen (secondary N) is 1.